The molecule has 0 aromatic heterocycles. The highest BCUT2D eigenvalue weighted by molar-refractivity contribution is 5.95. The Morgan fingerprint density at radius 2 is 1.61 bits per heavy atom. The maximum absolute atomic E-state index is 12.1. The van der Waals surface area contributed by atoms with Crippen molar-refractivity contribution in [1.29, 1.82) is 0 Å². The largest absolute Gasteiger partial charge is 0.484 e. The molecule has 2 atom stereocenters. The number of benzene rings is 2. The molecule has 148 valence electrons. The van der Waals surface area contributed by atoms with Gasteiger partial charge >= 0.3 is 5.97 Å². The van der Waals surface area contributed by atoms with Crippen molar-refractivity contribution in [3.63, 3.8) is 0 Å². The van der Waals surface area contributed by atoms with Crippen molar-refractivity contribution in [2.24, 2.45) is 0 Å². The lowest BCUT2D eigenvalue weighted by molar-refractivity contribution is -0.155. The van der Waals surface area contributed by atoms with E-state index in [0.29, 0.717) is 11.4 Å². The van der Waals surface area contributed by atoms with Crippen LogP contribution in [-0.2, 0) is 19.1 Å². The second kappa shape index (κ2) is 10.1. The number of hydrogen-bond donors (Lipinski definition) is 2. The molecule has 0 unspecified atom stereocenters. The van der Waals surface area contributed by atoms with Crippen LogP contribution in [0.15, 0.2) is 54.6 Å². The number of rotatable bonds is 8. The van der Waals surface area contributed by atoms with E-state index in [1.54, 1.807) is 36.4 Å². The molecule has 7 nitrogen and oxygen atoms in total. The number of nitrogens with one attached hydrogen (secondary N) is 2. The van der Waals surface area contributed by atoms with Gasteiger partial charge in [0.1, 0.15) is 11.8 Å². The molecule has 2 rings (SSSR count). The molecule has 0 radical (unpaired) electrons. The number of carbonyl (C=O) groups excluding carboxylic acids is 3. The van der Waals surface area contributed by atoms with E-state index in [0.717, 1.165) is 5.56 Å². The Hall–Kier alpha value is -3.35. The highest BCUT2D eigenvalue weighted by atomic mass is 16.5. The summed E-state index contributed by atoms with van der Waals surface area (Å²) in [5.41, 5.74) is 1.68. The second-order valence-electron chi connectivity index (χ2n) is 6.33. The van der Waals surface area contributed by atoms with Gasteiger partial charge in [-0.1, -0.05) is 35.9 Å². The number of ether oxygens (including phenoxy) is 2. The average Bonchev–Trinajstić information content (AvgIpc) is 2.68. The van der Waals surface area contributed by atoms with E-state index in [9.17, 15) is 14.4 Å². The minimum Gasteiger partial charge on any atom is -0.484 e. The van der Waals surface area contributed by atoms with Gasteiger partial charge in [0.25, 0.3) is 11.8 Å². The molecule has 2 aromatic carbocycles. The Bertz CT molecular complexity index is 805. The molecule has 0 aliphatic heterocycles. The van der Waals surface area contributed by atoms with Gasteiger partial charge in [-0.25, -0.2) is 4.79 Å². The fourth-order valence-corrected chi connectivity index (χ4v) is 2.22. The van der Waals surface area contributed by atoms with Crippen LogP contribution in [0.2, 0.25) is 0 Å². The number of anilines is 1. The molecule has 2 aromatic rings. The van der Waals surface area contributed by atoms with Crippen LogP contribution in [0.1, 0.15) is 19.4 Å². The van der Waals surface area contributed by atoms with Crippen LogP contribution in [0.4, 0.5) is 5.69 Å². The minimum absolute atomic E-state index is 0.231. The van der Waals surface area contributed by atoms with Gasteiger partial charge in [-0.2, -0.15) is 0 Å². The van der Waals surface area contributed by atoms with Crippen LogP contribution in [0.3, 0.4) is 0 Å². The average molecular weight is 384 g/mol. The zero-order valence-electron chi connectivity index (χ0n) is 16.1. The van der Waals surface area contributed by atoms with Crippen LogP contribution in [-0.4, -0.2) is 36.5 Å². The quantitative estimate of drug-likeness (QED) is 0.682. The first-order valence-electron chi connectivity index (χ1n) is 8.90. The first kappa shape index (κ1) is 21.0. The maximum atomic E-state index is 12.1. The standard InChI is InChI=1S/C21H24N2O5/c1-14-9-11-17(12-10-14)23-20(25)16(3)28-21(26)15(2)22-19(24)13-27-18-7-5-4-6-8-18/h4-12,15-16H,13H2,1-3H3,(H,22,24)(H,23,25)/t15-,16-/m0/s1. The summed E-state index contributed by atoms with van der Waals surface area (Å²) in [4.78, 5) is 36.1. The van der Waals surface area contributed by atoms with Gasteiger partial charge in [-0.15, -0.1) is 0 Å². The third-order valence-electron chi connectivity index (χ3n) is 3.83. The van der Waals surface area contributed by atoms with Gasteiger partial charge < -0.3 is 20.1 Å². The van der Waals surface area contributed by atoms with Gasteiger partial charge in [0.15, 0.2) is 12.7 Å². The molecule has 0 bridgehead atoms. The number of para-hydroxylation sites is 1. The van der Waals surface area contributed by atoms with Crippen LogP contribution in [0, 0.1) is 6.92 Å². The number of aryl methyl sites for hydroxylation is 1. The molecule has 2 amide bonds. The highest BCUT2D eigenvalue weighted by Crippen LogP contribution is 2.10. The smallest absolute Gasteiger partial charge is 0.329 e. The summed E-state index contributed by atoms with van der Waals surface area (Å²) in [7, 11) is 0. The van der Waals surface area contributed by atoms with Gasteiger partial charge in [-0.05, 0) is 45.0 Å². The Morgan fingerprint density at radius 3 is 2.25 bits per heavy atom. The molecular formula is C21H24N2O5. The lowest BCUT2D eigenvalue weighted by atomic mass is 10.2. The predicted molar refractivity (Wildman–Crippen MR) is 105 cm³/mol. The third kappa shape index (κ3) is 6.75. The van der Waals surface area contributed by atoms with Crippen molar-refractivity contribution in [3.8, 4) is 5.75 Å². The van der Waals surface area contributed by atoms with E-state index in [-0.39, 0.29) is 6.61 Å². The van der Waals surface area contributed by atoms with Gasteiger partial charge in [-0.3, -0.25) is 9.59 Å². The van der Waals surface area contributed by atoms with Crippen LogP contribution >= 0.6 is 0 Å². The molecule has 0 aliphatic carbocycles. The van der Waals surface area contributed by atoms with E-state index in [1.165, 1.54) is 13.8 Å². The Balaban J connectivity index is 1.76. The van der Waals surface area contributed by atoms with Crippen molar-refractivity contribution in [2.45, 2.75) is 32.9 Å². The summed E-state index contributed by atoms with van der Waals surface area (Å²) >= 11 is 0. The molecule has 28 heavy (non-hydrogen) atoms. The van der Waals surface area contributed by atoms with Crippen molar-refractivity contribution >= 4 is 23.5 Å². The van der Waals surface area contributed by atoms with E-state index < -0.39 is 29.9 Å². The molecule has 2 N–H and O–H groups in total. The zero-order chi connectivity index (χ0) is 20.5. The van der Waals surface area contributed by atoms with E-state index in [4.69, 9.17) is 9.47 Å². The number of hydrogen-bond acceptors (Lipinski definition) is 5. The monoisotopic (exact) mass is 384 g/mol. The summed E-state index contributed by atoms with van der Waals surface area (Å²) < 4.78 is 10.4. The van der Waals surface area contributed by atoms with Crippen molar-refractivity contribution in [1.82, 2.24) is 5.32 Å². The molecule has 0 fully saturated rings. The first-order chi connectivity index (χ1) is 13.3. The third-order valence-corrected chi connectivity index (χ3v) is 3.83. The molecule has 0 heterocycles. The molecule has 7 heteroatoms. The topological polar surface area (TPSA) is 93.7 Å². The van der Waals surface area contributed by atoms with Crippen molar-refractivity contribution < 1.29 is 23.9 Å². The minimum atomic E-state index is -1.01. The lowest BCUT2D eigenvalue weighted by Crippen LogP contribution is -2.44. The summed E-state index contributed by atoms with van der Waals surface area (Å²) in [6.45, 7) is 4.66. The summed E-state index contributed by atoms with van der Waals surface area (Å²) in [5, 5.41) is 5.15. The maximum Gasteiger partial charge on any atom is 0.329 e. The Labute approximate surface area is 164 Å². The predicted octanol–water partition coefficient (Wildman–Crippen LogP) is 2.45. The van der Waals surface area contributed by atoms with Crippen LogP contribution in [0.25, 0.3) is 0 Å². The van der Waals surface area contributed by atoms with E-state index in [1.807, 2.05) is 25.1 Å². The molecular weight excluding hydrogens is 360 g/mol. The zero-order valence-corrected chi connectivity index (χ0v) is 16.1. The second-order valence-corrected chi connectivity index (χ2v) is 6.33. The number of esters is 1. The molecule has 0 aliphatic rings. The van der Waals surface area contributed by atoms with Gasteiger partial charge in [0, 0.05) is 5.69 Å². The fourth-order valence-electron chi connectivity index (χ4n) is 2.22. The summed E-state index contributed by atoms with van der Waals surface area (Å²) in [6.07, 6.45) is -1.01. The highest BCUT2D eigenvalue weighted by Gasteiger charge is 2.23. The van der Waals surface area contributed by atoms with Crippen molar-refractivity contribution in [2.75, 3.05) is 11.9 Å². The van der Waals surface area contributed by atoms with Crippen LogP contribution < -0.4 is 15.4 Å². The summed E-state index contributed by atoms with van der Waals surface area (Å²) in [5.74, 6) is -1.08. The van der Waals surface area contributed by atoms with E-state index in [2.05, 4.69) is 10.6 Å². The normalized spacial score (nSPS) is 12.4. The first-order valence-corrected chi connectivity index (χ1v) is 8.90. The van der Waals surface area contributed by atoms with E-state index >= 15 is 0 Å². The number of carbonyl (C=O) groups is 3. The SMILES string of the molecule is Cc1ccc(NC(=O)[C@H](C)OC(=O)[C@H](C)NC(=O)COc2ccccc2)cc1. The lowest BCUT2D eigenvalue weighted by Gasteiger charge is -2.17. The number of amides is 2. The van der Waals surface area contributed by atoms with Gasteiger partial charge in [0.05, 0.1) is 0 Å². The molecule has 0 spiro atoms. The van der Waals surface area contributed by atoms with Gasteiger partial charge in [0.2, 0.25) is 0 Å². The van der Waals surface area contributed by atoms with Crippen LogP contribution in [0.5, 0.6) is 5.75 Å². The van der Waals surface area contributed by atoms with Crippen molar-refractivity contribution in [3.05, 3.63) is 60.2 Å². The molecule has 0 saturated carbocycles. The summed E-state index contributed by atoms with van der Waals surface area (Å²) in [6, 6.07) is 15.2. The fraction of sp³-hybridized carbons (Fsp3) is 0.286. The molecule has 0 saturated heterocycles. The Morgan fingerprint density at radius 1 is 0.964 bits per heavy atom. The Kier molecular flexibility index (Phi) is 7.56.